The molecule has 9 heteroatoms. The zero-order valence-corrected chi connectivity index (χ0v) is 9.91. The van der Waals surface area contributed by atoms with Gasteiger partial charge in [-0.3, -0.25) is 15.5 Å². The van der Waals surface area contributed by atoms with E-state index in [0.29, 0.717) is 0 Å². The normalized spacial score (nSPS) is 9.83. The first-order chi connectivity index (χ1) is 8.41. The highest BCUT2D eigenvalue weighted by atomic mass is 32.2. The number of hydrogen-bond donors (Lipinski definition) is 3. The second-order valence-corrected chi connectivity index (χ2v) is 4.10. The van der Waals surface area contributed by atoms with Crippen molar-refractivity contribution in [3.05, 3.63) is 39.7 Å². The molecule has 0 atom stereocenters. The van der Waals surface area contributed by atoms with Crippen LogP contribution in [0.5, 0.6) is 0 Å². The molecule has 0 heterocycles. The highest BCUT2D eigenvalue weighted by Crippen LogP contribution is 2.24. The smallest absolute Gasteiger partial charge is 0.305 e. The molecule has 0 fully saturated rings. The third-order valence-electron chi connectivity index (χ3n) is 1.85. The van der Waals surface area contributed by atoms with E-state index in [1.807, 2.05) is 0 Å². The van der Waals surface area contributed by atoms with Crippen LogP contribution in [0.1, 0.15) is 5.56 Å². The number of guanidine groups is 1. The molecule has 0 saturated heterocycles. The highest BCUT2D eigenvalue weighted by molar-refractivity contribution is 8.13. The fraction of sp³-hybridized carbons (Fsp3) is 0.111. The third-order valence-corrected chi connectivity index (χ3v) is 2.67. The van der Waals surface area contributed by atoms with Gasteiger partial charge >= 0.3 is 5.69 Å². The fourth-order valence-corrected chi connectivity index (χ4v) is 1.80. The molecule has 0 aliphatic rings. The van der Waals surface area contributed by atoms with Crippen LogP contribution in [0.4, 0.5) is 10.1 Å². The van der Waals surface area contributed by atoms with Gasteiger partial charge in [-0.1, -0.05) is 23.9 Å². The van der Waals surface area contributed by atoms with E-state index in [1.165, 1.54) is 12.1 Å². The van der Waals surface area contributed by atoms with Crippen molar-refractivity contribution in [1.82, 2.24) is 0 Å². The van der Waals surface area contributed by atoms with Crippen molar-refractivity contribution in [3.63, 3.8) is 0 Å². The Morgan fingerprint density at radius 3 is 2.78 bits per heavy atom. The molecule has 0 spiro atoms. The number of rotatable bonds is 3. The number of thioether (sulfide) groups is 1. The maximum atomic E-state index is 13.6. The molecular formula is C9H10FN5O2S. The molecule has 0 aliphatic heterocycles. The molecule has 0 amide bonds. The van der Waals surface area contributed by atoms with Crippen molar-refractivity contribution < 1.29 is 9.31 Å². The number of amidine groups is 1. The molecule has 1 aromatic rings. The number of nitrogens with two attached hydrogens (primary N) is 2. The van der Waals surface area contributed by atoms with E-state index in [9.17, 15) is 14.5 Å². The summed E-state index contributed by atoms with van der Waals surface area (Å²) in [6.45, 7) is 0. The quantitative estimate of drug-likeness (QED) is 0.328. The zero-order valence-electron chi connectivity index (χ0n) is 9.09. The van der Waals surface area contributed by atoms with Crippen LogP contribution < -0.4 is 11.5 Å². The molecule has 0 aromatic heterocycles. The van der Waals surface area contributed by atoms with Gasteiger partial charge in [0.15, 0.2) is 11.1 Å². The predicted molar refractivity (Wildman–Crippen MR) is 67.9 cm³/mol. The molecule has 1 aromatic carbocycles. The zero-order chi connectivity index (χ0) is 13.7. The SMILES string of the molecule is N=C(N=C(N)N)SCc1cccc([N+](=O)[O-])c1F. The van der Waals surface area contributed by atoms with Gasteiger partial charge in [-0.15, -0.1) is 0 Å². The van der Waals surface area contributed by atoms with Crippen molar-refractivity contribution in [2.75, 3.05) is 0 Å². The van der Waals surface area contributed by atoms with Gasteiger partial charge in [0.25, 0.3) is 0 Å². The van der Waals surface area contributed by atoms with Gasteiger partial charge in [0.1, 0.15) is 0 Å². The summed E-state index contributed by atoms with van der Waals surface area (Å²) in [4.78, 5) is 13.2. The van der Waals surface area contributed by atoms with Crippen LogP contribution in [0.3, 0.4) is 0 Å². The van der Waals surface area contributed by atoms with Crippen LogP contribution in [0, 0.1) is 21.3 Å². The Morgan fingerprint density at radius 1 is 1.56 bits per heavy atom. The van der Waals surface area contributed by atoms with Crippen molar-refractivity contribution in [2.24, 2.45) is 16.5 Å². The number of aliphatic imine (C=N–C) groups is 1. The van der Waals surface area contributed by atoms with Crippen molar-refractivity contribution in [3.8, 4) is 0 Å². The maximum Gasteiger partial charge on any atom is 0.305 e. The van der Waals surface area contributed by atoms with E-state index >= 15 is 0 Å². The number of nitro benzene ring substituents is 1. The van der Waals surface area contributed by atoms with Crippen LogP contribution in [0.25, 0.3) is 0 Å². The topological polar surface area (TPSA) is 131 Å². The van der Waals surface area contributed by atoms with Crippen LogP contribution in [-0.2, 0) is 5.75 Å². The molecule has 0 radical (unpaired) electrons. The second kappa shape index (κ2) is 5.96. The Morgan fingerprint density at radius 2 is 2.22 bits per heavy atom. The fourth-order valence-electron chi connectivity index (χ4n) is 1.11. The summed E-state index contributed by atoms with van der Waals surface area (Å²) in [5, 5.41) is 17.7. The van der Waals surface area contributed by atoms with Gasteiger partial charge in [0.05, 0.1) is 4.92 Å². The highest BCUT2D eigenvalue weighted by Gasteiger charge is 2.17. The number of hydrogen-bond acceptors (Lipinski definition) is 4. The lowest BCUT2D eigenvalue weighted by molar-refractivity contribution is -0.387. The maximum absolute atomic E-state index is 13.6. The summed E-state index contributed by atoms with van der Waals surface area (Å²) in [5.74, 6) is -1.15. The number of halogens is 1. The van der Waals surface area contributed by atoms with Gasteiger partial charge in [-0.25, -0.2) is 0 Å². The minimum atomic E-state index is -0.910. The standard InChI is InChI=1S/C9H10FN5O2S/c10-7-5(2-1-3-6(7)15(16)17)4-18-9(13)14-8(11)12/h1-3H,4H2,(H5,11,12,13,14). The molecule has 0 saturated carbocycles. The Balaban J connectivity index is 2.80. The molecule has 0 unspecified atom stereocenters. The van der Waals surface area contributed by atoms with Gasteiger partial charge < -0.3 is 11.5 Å². The first kappa shape index (κ1) is 13.9. The average Bonchev–Trinajstić information content (AvgIpc) is 2.26. The van der Waals surface area contributed by atoms with Crippen LogP contribution >= 0.6 is 11.8 Å². The molecule has 5 N–H and O–H groups in total. The van der Waals surface area contributed by atoms with Crippen molar-refractivity contribution in [1.29, 1.82) is 5.41 Å². The molecule has 18 heavy (non-hydrogen) atoms. The average molecular weight is 271 g/mol. The summed E-state index contributed by atoms with van der Waals surface area (Å²) in [6.07, 6.45) is 0. The van der Waals surface area contributed by atoms with Crippen molar-refractivity contribution >= 4 is 28.6 Å². The second-order valence-electron chi connectivity index (χ2n) is 3.14. The van der Waals surface area contributed by atoms with E-state index in [2.05, 4.69) is 4.99 Å². The lowest BCUT2D eigenvalue weighted by Gasteiger charge is -2.02. The molecular weight excluding hydrogens is 261 g/mol. The van der Waals surface area contributed by atoms with Gasteiger partial charge in [-0.05, 0) is 0 Å². The lowest BCUT2D eigenvalue weighted by atomic mass is 10.2. The Bertz CT molecular complexity index is 516. The summed E-state index contributed by atoms with van der Waals surface area (Å²) < 4.78 is 13.6. The largest absolute Gasteiger partial charge is 0.370 e. The van der Waals surface area contributed by atoms with Crippen LogP contribution in [0.2, 0.25) is 0 Å². The van der Waals surface area contributed by atoms with Crippen molar-refractivity contribution in [2.45, 2.75) is 5.75 Å². The minimum Gasteiger partial charge on any atom is -0.370 e. The van der Waals surface area contributed by atoms with Gasteiger partial charge in [0.2, 0.25) is 5.82 Å². The summed E-state index contributed by atoms with van der Waals surface area (Å²) in [7, 11) is 0. The van der Waals surface area contributed by atoms with E-state index in [0.717, 1.165) is 17.8 Å². The predicted octanol–water partition coefficient (Wildman–Crippen LogP) is 1.18. The molecule has 1 rings (SSSR count). The van der Waals surface area contributed by atoms with Gasteiger partial charge in [0, 0.05) is 17.4 Å². The van der Waals surface area contributed by atoms with E-state index < -0.39 is 16.4 Å². The van der Waals surface area contributed by atoms with E-state index in [-0.39, 0.29) is 22.4 Å². The summed E-state index contributed by atoms with van der Waals surface area (Å²) >= 11 is 0.866. The molecule has 96 valence electrons. The number of nitrogens with zero attached hydrogens (tertiary/aromatic N) is 2. The lowest BCUT2D eigenvalue weighted by Crippen LogP contribution is -2.23. The van der Waals surface area contributed by atoms with E-state index in [1.54, 1.807) is 0 Å². The molecule has 0 aliphatic carbocycles. The summed E-state index contributed by atoms with van der Waals surface area (Å²) in [5.41, 5.74) is 9.65. The number of nitrogens with one attached hydrogen (secondary N) is 1. The van der Waals surface area contributed by atoms with E-state index in [4.69, 9.17) is 16.9 Å². The number of benzene rings is 1. The Labute approximate surface area is 106 Å². The molecule has 7 nitrogen and oxygen atoms in total. The monoisotopic (exact) mass is 271 g/mol. The third kappa shape index (κ3) is 3.70. The first-order valence-electron chi connectivity index (χ1n) is 4.64. The summed E-state index contributed by atoms with van der Waals surface area (Å²) in [6, 6.07) is 3.85. The minimum absolute atomic E-state index is 0.0309. The Hall–Kier alpha value is -2.16. The Kier molecular flexibility index (Phi) is 4.60. The number of nitro groups is 1. The van der Waals surface area contributed by atoms with Gasteiger partial charge in [-0.2, -0.15) is 9.38 Å². The molecule has 0 bridgehead atoms. The van der Waals surface area contributed by atoms with Crippen LogP contribution in [-0.4, -0.2) is 16.1 Å². The van der Waals surface area contributed by atoms with Crippen LogP contribution in [0.15, 0.2) is 23.2 Å². The first-order valence-corrected chi connectivity index (χ1v) is 5.63.